The van der Waals surface area contributed by atoms with E-state index in [-0.39, 0.29) is 0 Å². The molecule has 2 aromatic carbocycles. The van der Waals surface area contributed by atoms with E-state index in [1.807, 2.05) is 6.20 Å². The molecule has 4 heteroatoms. The molecule has 1 aliphatic rings. The number of aromatic nitrogens is 2. The van der Waals surface area contributed by atoms with Crippen LogP contribution in [0.2, 0.25) is 0 Å². The molecule has 1 aromatic heterocycles. The van der Waals surface area contributed by atoms with Gasteiger partial charge in [-0.3, -0.25) is 5.10 Å². The topological polar surface area (TPSA) is 44.0 Å². The Bertz CT molecular complexity index is 792. The molecule has 2 N–H and O–H groups in total. The lowest BCUT2D eigenvalue weighted by molar-refractivity contribution is 0.259. The summed E-state index contributed by atoms with van der Waals surface area (Å²) in [6.45, 7) is 2.94. The summed E-state index contributed by atoms with van der Waals surface area (Å²) in [5, 5.41) is 12.0. The minimum Gasteiger partial charge on any atom is -0.305 e. The number of benzene rings is 2. The summed E-state index contributed by atoms with van der Waals surface area (Å²) in [4.78, 5) is 2.37. The van der Waals surface area contributed by atoms with E-state index in [4.69, 9.17) is 0 Å². The van der Waals surface area contributed by atoms with Gasteiger partial charge in [-0.15, -0.1) is 0 Å². The van der Waals surface area contributed by atoms with Crippen molar-refractivity contribution in [2.24, 2.45) is 0 Å². The number of H-pyrrole nitrogens is 1. The van der Waals surface area contributed by atoms with Crippen LogP contribution >= 0.6 is 0 Å². The van der Waals surface area contributed by atoms with Gasteiger partial charge in [0.15, 0.2) is 0 Å². The highest BCUT2D eigenvalue weighted by Gasteiger charge is 2.22. The number of hydrogen-bond donors (Lipinski definition) is 2. The van der Waals surface area contributed by atoms with Crippen LogP contribution in [0, 0.1) is 0 Å². The summed E-state index contributed by atoms with van der Waals surface area (Å²) in [6, 6.07) is 15.6. The molecule has 0 amide bonds. The Morgan fingerprint density at radius 2 is 2.18 bits per heavy atom. The van der Waals surface area contributed by atoms with E-state index in [2.05, 4.69) is 69.9 Å². The number of aromatic amines is 1. The lowest BCUT2D eigenvalue weighted by atomic mass is 9.95. The number of likely N-dealkylation sites (N-methyl/N-ethyl adjacent to an activating group) is 1. The molecule has 0 aliphatic carbocycles. The van der Waals surface area contributed by atoms with E-state index in [0.717, 1.165) is 30.5 Å². The predicted octanol–water partition coefficient (Wildman–Crippen LogP) is 2.84. The Morgan fingerprint density at radius 1 is 1.27 bits per heavy atom. The second-order valence-electron chi connectivity index (χ2n) is 6.12. The van der Waals surface area contributed by atoms with Crippen LogP contribution in [0.5, 0.6) is 0 Å². The Hall–Kier alpha value is -2.17. The summed E-state index contributed by atoms with van der Waals surface area (Å²) in [5.41, 5.74) is 5.24. The lowest BCUT2D eigenvalue weighted by Crippen LogP contribution is -2.37. The second kappa shape index (κ2) is 5.55. The number of rotatable bonds is 3. The van der Waals surface area contributed by atoms with E-state index in [1.165, 1.54) is 16.7 Å². The molecule has 0 saturated carbocycles. The highest BCUT2D eigenvalue weighted by molar-refractivity contribution is 5.78. The van der Waals surface area contributed by atoms with Gasteiger partial charge in [0.25, 0.3) is 0 Å². The first kappa shape index (κ1) is 13.5. The third-order valence-corrected chi connectivity index (χ3v) is 4.42. The zero-order valence-electron chi connectivity index (χ0n) is 12.7. The second-order valence-corrected chi connectivity index (χ2v) is 6.12. The molecular formula is C18H20N4. The lowest BCUT2D eigenvalue weighted by Gasteiger charge is -2.33. The summed E-state index contributed by atoms with van der Waals surface area (Å²) < 4.78 is 0. The first-order chi connectivity index (χ1) is 10.8. The minimum atomic E-state index is 0.382. The molecule has 2 heterocycles. The summed E-state index contributed by atoms with van der Waals surface area (Å²) in [6.07, 6.45) is 1.86. The first-order valence-electron chi connectivity index (χ1n) is 7.71. The van der Waals surface area contributed by atoms with E-state index in [0.29, 0.717) is 6.04 Å². The van der Waals surface area contributed by atoms with E-state index in [9.17, 15) is 0 Å². The van der Waals surface area contributed by atoms with Crippen LogP contribution in [0.3, 0.4) is 0 Å². The smallest absolute Gasteiger partial charge is 0.0653 e. The monoisotopic (exact) mass is 292 g/mol. The minimum absolute atomic E-state index is 0.382. The fraction of sp³-hybridized carbons (Fsp3) is 0.278. The Kier molecular flexibility index (Phi) is 3.41. The molecule has 1 unspecified atom stereocenters. The van der Waals surface area contributed by atoms with Crippen molar-refractivity contribution in [3.8, 4) is 0 Å². The standard InChI is InChI=1S/C18H20N4/c1-22-11-15-4-2-3-5-16(15)18(12-22)19-9-13-6-7-14-10-20-21-17(14)8-13/h2-8,10,18-19H,9,11-12H2,1H3,(H,20,21). The Morgan fingerprint density at radius 3 is 3.14 bits per heavy atom. The zero-order chi connectivity index (χ0) is 14.9. The van der Waals surface area contributed by atoms with Crippen LogP contribution in [0.25, 0.3) is 10.9 Å². The molecule has 0 radical (unpaired) electrons. The van der Waals surface area contributed by atoms with Gasteiger partial charge in [-0.2, -0.15) is 5.10 Å². The molecular weight excluding hydrogens is 272 g/mol. The van der Waals surface area contributed by atoms with Gasteiger partial charge in [-0.1, -0.05) is 36.4 Å². The third kappa shape index (κ3) is 2.51. The maximum Gasteiger partial charge on any atom is 0.0653 e. The van der Waals surface area contributed by atoms with Crippen molar-refractivity contribution in [2.45, 2.75) is 19.1 Å². The maximum atomic E-state index is 4.08. The van der Waals surface area contributed by atoms with Crippen molar-refractivity contribution in [1.82, 2.24) is 20.4 Å². The SMILES string of the molecule is CN1Cc2ccccc2C(NCc2ccc3cn[nH]c3c2)C1. The molecule has 0 fully saturated rings. The van der Waals surface area contributed by atoms with Gasteiger partial charge in [-0.05, 0) is 29.8 Å². The molecule has 1 aliphatic heterocycles. The molecule has 0 bridgehead atoms. The molecule has 3 aromatic rings. The van der Waals surface area contributed by atoms with Crippen molar-refractivity contribution in [2.75, 3.05) is 13.6 Å². The molecule has 0 saturated heterocycles. The van der Waals surface area contributed by atoms with Crippen LogP contribution in [-0.4, -0.2) is 28.7 Å². The Labute approximate surface area is 130 Å². The largest absolute Gasteiger partial charge is 0.305 e. The molecule has 1 atom stereocenters. The molecule has 4 nitrogen and oxygen atoms in total. The fourth-order valence-corrected chi connectivity index (χ4v) is 3.29. The summed E-state index contributed by atoms with van der Waals surface area (Å²) >= 11 is 0. The highest BCUT2D eigenvalue weighted by atomic mass is 15.1. The summed E-state index contributed by atoms with van der Waals surface area (Å²) in [5.74, 6) is 0. The van der Waals surface area contributed by atoms with Gasteiger partial charge in [-0.25, -0.2) is 0 Å². The van der Waals surface area contributed by atoms with E-state index in [1.54, 1.807) is 0 Å². The zero-order valence-corrected chi connectivity index (χ0v) is 12.7. The van der Waals surface area contributed by atoms with Gasteiger partial charge in [0.05, 0.1) is 11.7 Å². The molecule has 4 rings (SSSR count). The van der Waals surface area contributed by atoms with Crippen molar-refractivity contribution in [1.29, 1.82) is 0 Å². The van der Waals surface area contributed by atoms with E-state index >= 15 is 0 Å². The highest BCUT2D eigenvalue weighted by Crippen LogP contribution is 2.26. The van der Waals surface area contributed by atoms with E-state index < -0.39 is 0 Å². The van der Waals surface area contributed by atoms with Crippen molar-refractivity contribution < 1.29 is 0 Å². The summed E-state index contributed by atoms with van der Waals surface area (Å²) in [7, 11) is 2.18. The average Bonchev–Trinajstić information content (AvgIpc) is 3.00. The quantitative estimate of drug-likeness (QED) is 0.780. The van der Waals surface area contributed by atoms with Crippen LogP contribution < -0.4 is 5.32 Å². The number of fused-ring (bicyclic) bond motifs is 2. The average molecular weight is 292 g/mol. The molecule has 22 heavy (non-hydrogen) atoms. The van der Waals surface area contributed by atoms with Gasteiger partial charge in [0.1, 0.15) is 0 Å². The molecule has 112 valence electrons. The van der Waals surface area contributed by atoms with Crippen molar-refractivity contribution in [3.63, 3.8) is 0 Å². The van der Waals surface area contributed by atoms with Gasteiger partial charge >= 0.3 is 0 Å². The number of nitrogens with zero attached hydrogens (tertiary/aromatic N) is 2. The van der Waals surface area contributed by atoms with Crippen LogP contribution in [0.1, 0.15) is 22.7 Å². The van der Waals surface area contributed by atoms with Crippen molar-refractivity contribution >= 4 is 10.9 Å². The molecule has 0 spiro atoms. The van der Waals surface area contributed by atoms with Gasteiger partial charge in [0.2, 0.25) is 0 Å². The normalized spacial score (nSPS) is 18.5. The van der Waals surface area contributed by atoms with Crippen LogP contribution in [-0.2, 0) is 13.1 Å². The fourth-order valence-electron chi connectivity index (χ4n) is 3.29. The predicted molar refractivity (Wildman–Crippen MR) is 88.5 cm³/mol. The first-order valence-corrected chi connectivity index (χ1v) is 7.71. The van der Waals surface area contributed by atoms with Crippen LogP contribution in [0.4, 0.5) is 0 Å². The van der Waals surface area contributed by atoms with Crippen LogP contribution in [0.15, 0.2) is 48.7 Å². The van der Waals surface area contributed by atoms with Gasteiger partial charge < -0.3 is 10.2 Å². The third-order valence-electron chi connectivity index (χ3n) is 4.42. The van der Waals surface area contributed by atoms with Crippen molar-refractivity contribution in [3.05, 3.63) is 65.4 Å². The number of hydrogen-bond acceptors (Lipinski definition) is 3. The Balaban J connectivity index is 1.53. The van der Waals surface area contributed by atoms with Gasteiger partial charge in [0, 0.05) is 31.1 Å². The number of nitrogens with one attached hydrogen (secondary N) is 2. The maximum absolute atomic E-state index is 4.08.